The van der Waals surface area contributed by atoms with Crippen LogP contribution in [0, 0.1) is 0 Å². The molecule has 0 atom stereocenters. The molecule has 3 aromatic heterocycles. The summed E-state index contributed by atoms with van der Waals surface area (Å²) >= 11 is 0. The van der Waals surface area contributed by atoms with Crippen molar-refractivity contribution in [1.82, 2.24) is 19.5 Å². The van der Waals surface area contributed by atoms with Crippen molar-refractivity contribution in [1.29, 1.82) is 0 Å². The van der Waals surface area contributed by atoms with Gasteiger partial charge < -0.3 is 8.98 Å². The van der Waals surface area contributed by atoms with E-state index in [0.29, 0.717) is 0 Å². The molecule has 0 unspecified atom stereocenters. The molecule has 13 aromatic rings. The van der Waals surface area contributed by atoms with Crippen molar-refractivity contribution < 1.29 is 35.9 Å². The molecule has 5 nitrogen and oxygen atoms in total. The van der Waals surface area contributed by atoms with E-state index in [1.54, 1.807) is 12.1 Å². The number of nitrogens with zero attached hydrogens (tertiary/aromatic N) is 4. The van der Waals surface area contributed by atoms with Crippen molar-refractivity contribution >= 4 is 72.6 Å². The monoisotopic (exact) mass is 921 g/mol. The molecule has 0 saturated heterocycles. The Bertz CT molecular complexity index is 5200. The Hall–Kier alpha value is -8.97. The van der Waals surface area contributed by atoms with Gasteiger partial charge >= 0.3 is 0 Å². The molecular weight excluding hydrogens is 857 g/mol. The molecule has 0 amide bonds. The van der Waals surface area contributed by atoms with Crippen molar-refractivity contribution in [2.75, 3.05) is 0 Å². The molecule has 69 heavy (non-hydrogen) atoms. The van der Waals surface area contributed by atoms with Gasteiger partial charge in [0, 0.05) is 38.2 Å². The van der Waals surface area contributed by atoms with E-state index in [-0.39, 0.29) is 22.2 Å². The summed E-state index contributed by atoms with van der Waals surface area (Å²) < 4.78 is 217. The standard InChI is InChI=1S/C63H42N4OSi/c1-4-20-47(21-5-1)69(48-22-6-2-7-23-48,49-24-8-3-9-25-49)50-26-18-19-46(41-50)62-64-61(44-37-35-43(36-38-44)45-39-40-54-53-29-13-17-34-59(53)68-60(54)42-45)65-63(66-62)55-30-12-16-33-58(55)67-56-31-14-10-27-51(56)52-28-11-15-32-57(52)67/h1-42H/i10D,11D,12D,13D,14D,15D,16D,17D,27D,28D,29D,30D,31D,32D,33D,34D,35D,36D,37D,38D,39D,40D,42D. The Morgan fingerprint density at radius 1 is 0.377 bits per heavy atom. The lowest BCUT2D eigenvalue weighted by molar-refractivity contribution is 0.669. The van der Waals surface area contributed by atoms with Crippen LogP contribution in [-0.4, -0.2) is 27.6 Å². The molecule has 0 radical (unpaired) electrons. The number of hydrogen-bond acceptors (Lipinski definition) is 4. The Morgan fingerprint density at radius 2 is 0.870 bits per heavy atom. The Morgan fingerprint density at radius 3 is 1.52 bits per heavy atom. The topological polar surface area (TPSA) is 56.7 Å². The van der Waals surface area contributed by atoms with Crippen molar-refractivity contribution in [3.05, 3.63) is 254 Å². The molecule has 13 rings (SSSR count). The molecule has 0 aliphatic rings. The van der Waals surface area contributed by atoms with Crippen LogP contribution in [0.4, 0.5) is 0 Å². The third-order valence-corrected chi connectivity index (χ3v) is 16.7. The first-order chi connectivity index (χ1) is 43.8. The number of furan rings is 1. The Kier molecular flexibility index (Phi) is 5.61. The predicted octanol–water partition coefficient (Wildman–Crippen LogP) is 12.9. The summed E-state index contributed by atoms with van der Waals surface area (Å²) in [6.45, 7) is 0. The molecule has 0 spiro atoms. The molecule has 0 bridgehead atoms. The Labute approximate surface area is 432 Å². The summed E-state index contributed by atoms with van der Waals surface area (Å²) in [5, 5.41) is 2.16. The SMILES string of the molecule is [2H]c1c([2H])c([2H])c(-n2c3c([2H])c([2H])c([2H])c([2H])c3c3c([2H])c([2H])c([2H])c([2H])c32)c(-c2nc(-c3cccc([Si](c4ccccc4)(c4ccccc4)c4ccccc4)c3)nc(-c3c([2H])c([2H])c(-c4c([2H])c([2H])c5c(oc6c([2H])c([2H])c([2H])c([2H])c65)c4[2H])c([2H])c3[2H])n2)c1[2H]. The van der Waals surface area contributed by atoms with E-state index in [1.807, 2.05) is 103 Å². The highest BCUT2D eigenvalue weighted by atomic mass is 28.3. The third kappa shape index (κ3) is 6.80. The van der Waals surface area contributed by atoms with Crippen LogP contribution < -0.4 is 20.7 Å². The minimum absolute atomic E-state index is 0.211. The smallest absolute Gasteiger partial charge is 0.179 e. The number of aromatic nitrogens is 4. The van der Waals surface area contributed by atoms with E-state index in [0.717, 1.165) is 25.3 Å². The van der Waals surface area contributed by atoms with Gasteiger partial charge in [0.15, 0.2) is 25.5 Å². The van der Waals surface area contributed by atoms with Gasteiger partial charge in [-0.2, -0.15) is 0 Å². The number of hydrogen-bond donors (Lipinski definition) is 0. The van der Waals surface area contributed by atoms with Gasteiger partial charge in [-0.3, -0.25) is 0 Å². The fraction of sp³-hybridized carbons (Fsp3) is 0. The summed E-state index contributed by atoms with van der Waals surface area (Å²) in [6, 6.07) is 18.1. The lowest BCUT2D eigenvalue weighted by atomic mass is 10.0. The molecule has 0 fully saturated rings. The van der Waals surface area contributed by atoms with Crippen LogP contribution in [0.1, 0.15) is 31.5 Å². The molecule has 3 heterocycles. The van der Waals surface area contributed by atoms with Crippen molar-refractivity contribution in [2.45, 2.75) is 0 Å². The van der Waals surface area contributed by atoms with Gasteiger partial charge in [-0.05, 0) is 74.2 Å². The van der Waals surface area contributed by atoms with Crippen LogP contribution >= 0.6 is 0 Å². The van der Waals surface area contributed by atoms with Gasteiger partial charge in [0.25, 0.3) is 0 Å². The highest BCUT2D eigenvalue weighted by Crippen LogP contribution is 2.37. The first-order valence-corrected chi connectivity index (χ1v) is 23.5. The zero-order valence-electron chi connectivity index (χ0n) is 58.7. The van der Waals surface area contributed by atoms with Gasteiger partial charge in [0.2, 0.25) is 0 Å². The van der Waals surface area contributed by atoms with Gasteiger partial charge in [-0.25, -0.2) is 15.0 Å². The fourth-order valence-electron chi connectivity index (χ4n) is 8.94. The van der Waals surface area contributed by atoms with Crippen LogP contribution in [0.3, 0.4) is 0 Å². The van der Waals surface area contributed by atoms with E-state index < -0.39 is 220 Å². The lowest BCUT2D eigenvalue weighted by Crippen LogP contribution is -2.74. The second-order valence-electron chi connectivity index (χ2n) is 15.8. The number of fused-ring (bicyclic) bond motifs is 6. The van der Waals surface area contributed by atoms with Crippen molar-refractivity contribution in [2.24, 2.45) is 0 Å². The van der Waals surface area contributed by atoms with E-state index >= 15 is 0 Å². The first kappa shape index (κ1) is 23.2. The minimum Gasteiger partial charge on any atom is -0.456 e. The second-order valence-corrected chi connectivity index (χ2v) is 19.6. The van der Waals surface area contributed by atoms with E-state index in [4.69, 9.17) is 37.2 Å². The zero-order chi connectivity index (χ0) is 65.7. The average molecular weight is 922 g/mol. The summed E-state index contributed by atoms with van der Waals surface area (Å²) in [5.74, 6) is -1.62. The van der Waals surface area contributed by atoms with Crippen LogP contribution in [0.2, 0.25) is 0 Å². The fourth-order valence-corrected chi connectivity index (χ4v) is 13.7. The van der Waals surface area contributed by atoms with E-state index in [1.165, 1.54) is 0 Å². The quantitative estimate of drug-likeness (QED) is 0.107. The van der Waals surface area contributed by atoms with Gasteiger partial charge in [0.05, 0.1) is 48.2 Å². The van der Waals surface area contributed by atoms with Crippen LogP contribution in [-0.2, 0) is 0 Å². The molecule has 10 aromatic carbocycles. The van der Waals surface area contributed by atoms with Crippen molar-refractivity contribution in [3.8, 4) is 51.0 Å². The maximum Gasteiger partial charge on any atom is 0.179 e. The van der Waals surface area contributed by atoms with Gasteiger partial charge in [-0.1, -0.05) is 212 Å². The van der Waals surface area contributed by atoms with Crippen LogP contribution in [0.5, 0.6) is 0 Å². The maximum atomic E-state index is 9.76. The van der Waals surface area contributed by atoms with Gasteiger partial charge in [-0.15, -0.1) is 0 Å². The maximum absolute atomic E-state index is 9.76. The largest absolute Gasteiger partial charge is 0.456 e. The summed E-state index contributed by atoms with van der Waals surface area (Å²) in [4.78, 5) is 14.6. The molecule has 0 saturated carbocycles. The highest BCUT2D eigenvalue weighted by Gasteiger charge is 2.41. The number of benzene rings is 10. The molecular formula is C63H42N4OSi. The summed E-state index contributed by atoms with van der Waals surface area (Å²) in [6.07, 6.45) is 0. The second kappa shape index (κ2) is 16.7. The number of para-hydroxylation sites is 4. The highest BCUT2D eigenvalue weighted by molar-refractivity contribution is 7.19. The zero-order valence-corrected chi connectivity index (χ0v) is 36.7. The Balaban J connectivity index is 1.15. The minimum atomic E-state index is -3.40. The molecule has 0 N–H and O–H groups in total. The number of rotatable bonds is 9. The average Bonchev–Trinajstić information content (AvgIpc) is 1.55. The van der Waals surface area contributed by atoms with Gasteiger partial charge in [0.1, 0.15) is 11.2 Å². The molecule has 0 aliphatic carbocycles. The predicted molar refractivity (Wildman–Crippen MR) is 287 cm³/mol. The van der Waals surface area contributed by atoms with Crippen molar-refractivity contribution in [3.63, 3.8) is 0 Å². The normalized spacial score (nSPS) is 16.4. The first-order valence-electron chi connectivity index (χ1n) is 33.0. The molecule has 324 valence electrons. The van der Waals surface area contributed by atoms with E-state index in [9.17, 15) is 13.7 Å². The molecule has 6 heteroatoms. The van der Waals surface area contributed by atoms with E-state index in [2.05, 4.69) is 0 Å². The molecule has 0 aliphatic heterocycles. The van der Waals surface area contributed by atoms with Crippen LogP contribution in [0.25, 0.3) is 94.7 Å². The third-order valence-electron chi connectivity index (χ3n) is 11.9. The van der Waals surface area contributed by atoms with Crippen LogP contribution in [0.15, 0.2) is 259 Å². The lowest BCUT2D eigenvalue weighted by Gasteiger charge is -2.34. The summed E-state index contributed by atoms with van der Waals surface area (Å²) in [7, 11) is -3.40. The summed E-state index contributed by atoms with van der Waals surface area (Å²) in [5.41, 5.74) is -5.07.